The van der Waals surface area contributed by atoms with E-state index in [-0.39, 0.29) is 5.92 Å². The van der Waals surface area contributed by atoms with Crippen LogP contribution in [0.15, 0.2) is 0 Å². The second-order valence-electron chi connectivity index (χ2n) is 3.71. The third-order valence-electron chi connectivity index (χ3n) is 2.39. The Kier molecular flexibility index (Phi) is 6.87. The Bertz CT molecular complexity index is 143. The van der Waals surface area contributed by atoms with Crippen molar-refractivity contribution in [2.75, 3.05) is 6.61 Å². The van der Waals surface area contributed by atoms with Crippen molar-refractivity contribution in [1.29, 1.82) is 0 Å². The molecule has 0 saturated carbocycles. The maximum Gasteiger partial charge on any atom is 0.132 e. The van der Waals surface area contributed by atoms with Gasteiger partial charge in [0.15, 0.2) is 0 Å². The van der Waals surface area contributed by atoms with Crippen molar-refractivity contribution < 1.29 is 9.53 Å². The zero-order valence-corrected chi connectivity index (χ0v) is 9.30. The molecule has 0 rings (SSSR count). The van der Waals surface area contributed by atoms with Crippen LogP contribution in [0.4, 0.5) is 0 Å². The molecule has 0 radical (unpaired) electrons. The van der Waals surface area contributed by atoms with E-state index >= 15 is 0 Å². The summed E-state index contributed by atoms with van der Waals surface area (Å²) < 4.78 is 5.40. The van der Waals surface area contributed by atoms with E-state index in [1.165, 1.54) is 0 Å². The molecule has 0 aliphatic heterocycles. The first-order valence-corrected chi connectivity index (χ1v) is 5.20. The van der Waals surface area contributed by atoms with Gasteiger partial charge in [-0.1, -0.05) is 13.3 Å². The monoisotopic (exact) mass is 186 g/mol. The summed E-state index contributed by atoms with van der Waals surface area (Å²) in [4.78, 5) is 10.9. The van der Waals surface area contributed by atoms with Crippen LogP contribution in [0.2, 0.25) is 0 Å². The van der Waals surface area contributed by atoms with Gasteiger partial charge >= 0.3 is 0 Å². The van der Waals surface area contributed by atoms with Crippen LogP contribution >= 0.6 is 0 Å². The lowest BCUT2D eigenvalue weighted by Gasteiger charge is -2.12. The molecule has 0 N–H and O–H groups in total. The van der Waals surface area contributed by atoms with E-state index in [2.05, 4.69) is 6.92 Å². The van der Waals surface area contributed by atoms with Crippen LogP contribution in [-0.2, 0) is 9.53 Å². The highest BCUT2D eigenvalue weighted by molar-refractivity contribution is 5.77. The average molecular weight is 186 g/mol. The van der Waals surface area contributed by atoms with Gasteiger partial charge in [0.05, 0.1) is 6.10 Å². The summed E-state index contributed by atoms with van der Waals surface area (Å²) >= 11 is 0. The fourth-order valence-corrected chi connectivity index (χ4v) is 1.28. The van der Waals surface area contributed by atoms with Crippen molar-refractivity contribution in [1.82, 2.24) is 0 Å². The lowest BCUT2D eigenvalue weighted by Crippen LogP contribution is -2.10. The quantitative estimate of drug-likeness (QED) is 0.611. The molecular weight excluding hydrogens is 164 g/mol. The zero-order chi connectivity index (χ0) is 10.3. The topological polar surface area (TPSA) is 26.3 Å². The summed E-state index contributed by atoms with van der Waals surface area (Å²) in [6, 6.07) is 0. The molecule has 0 saturated heterocycles. The molecule has 0 fully saturated rings. The lowest BCUT2D eigenvalue weighted by atomic mass is 9.99. The molecule has 0 aromatic heterocycles. The minimum Gasteiger partial charge on any atom is -0.379 e. The molecule has 2 unspecified atom stereocenters. The number of ether oxygens (including phenoxy) is 1. The van der Waals surface area contributed by atoms with Gasteiger partial charge in [0, 0.05) is 12.5 Å². The van der Waals surface area contributed by atoms with Crippen LogP contribution < -0.4 is 0 Å². The van der Waals surface area contributed by atoms with Gasteiger partial charge < -0.3 is 4.74 Å². The number of ketones is 1. The van der Waals surface area contributed by atoms with Crippen molar-refractivity contribution in [3.63, 3.8) is 0 Å². The summed E-state index contributed by atoms with van der Waals surface area (Å²) in [5.74, 6) is 0.512. The molecule has 2 heteroatoms. The molecule has 2 atom stereocenters. The normalized spacial score (nSPS) is 15.4. The van der Waals surface area contributed by atoms with E-state index in [0.717, 1.165) is 25.9 Å². The predicted octanol–water partition coefficient (Wildman–Crippen LogP) is 2.81. The lowest BCUT2D eigenvalue weighted by molar-refractivity contribution is -0.120. The predicted molar refractivity (Wildman–Crippen MR) is 54.8 cm³/mol. The second-order valence-corrected chi connectivity index (χ2v) is 3.71. The standard InChI is InChI=1S/C11H22O2/c1-5-13-10(3)8-6-7-9(2)11(4)12/h9-10H,5-8H2,1-4H3. The number of Topliss-reactive ketones (excluding diaryl/α,β-unsaturated/α-hetero) is 1. The van der Waals surface area contributed by atoms with E-state index in [0.29, 0.717) is 11.9 Å². The highest BCUT2D eigenvalue weighted by atomic mass is 16.5. The molecule has 2 nitrogen and oxygen atoms in total. The van der Waals surface area contributed by atoms with Gasteiger partial charge in [-0.2, -0.15) is 0 Å². The molecule has 0 amide bonds. The third kappa shape index (κ3) is 6.76. The molecule has 0 bridgehead atoms. The van der Waals surface area contributed by atoms with Crippen molar-refractivity contribution >= 4 is 5.78 Å². The highest BCUT2D eigenvalue weighted by Crippen LogP contribution is 2.11. The van der Waals surface area contributed by atoms with Gasteiger partial charge in [-0.3, -0.25) is 4.79 Å². The van der Waals surface area contributed by atoms with Crippen molar-refractivity contribution in [2.24, 2.45) is 5.92 Å². The Labute approximate surface area is 81.7 Å². The number of carbonyl (C=O) groups excluding carboxylic acids is 1. The molecule has 0 aliphatic rings. The van der Waals surface area contributed by atoms with Crippen LogP contribution in [0.5, 0.6) is 0 Å². The van der Waals surface area contributed by atoms with Gasteiger partial charge in [0.25, 0.3) is 0 Å². The van der Waals surface area contributed by atoms with Gasteiger partial charge in [-0.25, -0.2) is 0 Å². The first-order chi connectivity index (χ1) is 6.07. The summed E-state index contributed by atoms with van der Waals surface area (Å²) in [6.45, 7) is 8.53. The number of hydrogen-bond acceptors (Lipinski definition) is 2. The maximum atomic E-state index is 10.9. The fourth-order valence-electron chi connectivity index (χ4n) is 1.28. The average Bonchev–Trinajstić information content (AvgIpc) is 2.04. The molecule has 0 aromatic carbocycles. The molecule has 78 valence electrons. The Morgan fingerprint density at radius 2 is 1.92 bits per heavy atom. The first kappa shape index (κ1) is 12.6. The van der Waals surface area contributed by atoms with Crippen LogP contribution in [0.25, 0.3) is 0 Å². The van der Waals surface area contributed by atoms with Gasteiger partial charge in [-0.15, -0.1) is 0 Å². The number of carbonyl (C=O) groups is 1. The SMILES string of the molecule is CCOC(C)CCCC(C)C(C)=O. The minimum atomic E-state index is 0.217. The van der Waals surface area contributed by atoms with E-state index in [1.807, 2.05) is 13.8 Å². The summed E-state index contributed by atoms with van der Waals surface area (Å²) in [6.07, 6.45) is 3.48. The molecule has 0 aliphatic carbocycles. The fraction of sp³-hybridized carbons (Fsp3) is 0.909. The Morgan fingerprint density at radius 1 is 1.31 bits per heavy atom. The first-order valence-electron chi connectivity index (χ1n) is 5.20. The van der Waals surface area contributed by atoms with Crippen molar-refractivity contribution in [3.8, 4) is 0 Å². The van der Waals surface area contributed by atoms with Crippen LogP contribution in [0.1, 0.15) is 47.0 Å². The van der Waals surface area contributed by atoms with Crippen LogP contribution in [0, 0.1) is 5.92 Å². The molecule has 0 spiro atoms. The highest BCUT2D eigenvalue weighted by Gasteiger charge is 2.08. The van der Waals surface area contributed by atoms with Gasteiger partial charge in [0.2, 0.25) is 0 Å². The number of rotatable bonds is 7. The zero-order valence-electron chi connectivity index (χ0n) is 9.30. The van der Waals surface area contributed by atoms with Gasteiger partial charge in [0.1, 0.15) is 5.78 Å². The van der Waals surface area contributed by atoms with E-state index in [4.69, 9.17) is 4.74 Å². The largest absolute Gasteiger partial charge is 0.379 e. The maximum absolute atomic E-state index is 10.9. The molecular formula is C11H22O2. The smallest absolute Gasteiger partial charge is 0.132 e. The third-order valence-corrected chi connectivity index (χ3v) is 2.39. The van der Waals surface area contributed by atoms with E-state index in [1.54, 1.807) is 6.92 Å². The summed E-state index contributed by atoms with van der Waals surface area (Å²) in [7, 11) is 0. The Balaban J connectivity index is 3.39. The molecule has 0 aromatic rings. The molecule has 13 heavy (non-hydrogen) atoms. The summed E-state index contributed by atoms with van der Waals surface area (Å²) in [5, 5.41) is 0. The minimum absolute atomic E-state index is 0.217. The van der Waals surface area contributed by atoms with E-state index < -0.39 is 0 Å². The van der Waals surface area contributed by atoms with Crippen LogP contribution in [-0.4, -0.2) is 18.5 Å². The van der Waals surface area contributed by atoms with Crippen molar-refractivity contribution in [3.05, 3.63) is 0 Å². The number of hydrogen-bond donors (Lipinski definition) is 0. The molecule has 0 heterocycles. The van der Waals surface area contributed by atoms with Gasteiger partial charge in [-0.05, 0) is 33.6 Å². The Morgan fingerprint density at radius 3 is 2.38 bits per heavy atom. The van der Waals surface area contributed by atoms with Crippen molar-refractivity contribution in [2.45, 2.75) is 53.1 Å². The van der Waals surface area contributed by atoms with E-state index in [9.17, 15) is 4.79 Å². The van der Waals surface area contributed by atoms with Crippen LogP contribution in [0.3, 0.4) is 0 Å². The summed E-state index contributed by atoms with van der Waals surface area (Å²) in [5.41, 5.74) is 0. The second kappa shape index (κ2) is 7.07. The Hall–Kier alpha value is -0.370.